The molecule has 1 aliphatic heterocycles. The zero-order valence-corrected chi connectivity index (χ0v) is 8.67. The van der Waals surface area contributed by atoms with Crippen LogP contribution in [-0.4, -0.2) is 34.4 Å². The van der Waals surface area contributed by atoms with Crippen LogP contribution in [0.25, 0.3) is 0 Å². The zero-order chi connectivity index (χ0) is 11.7. The monoisotopic (exact) mass is 221 g/mol. The maximum absolute atomic E-state index is 11.4. The molecule has 0 aromatic carbocycles. The van der Waals surface area contributed by atoms with E-state index in [1.165, 1.54) is 12.5 Å². The molecule has 1 fully saturated rings. The maximum atomic E-state index is 11.4. The minimum atomic E-state index is -0.477. The van der Waals surface area contributed by atoms with E-state index in [1.54, 1.807) is 11.8 Å². The van der Waals surface area contributed by atoms with E-state index in [2.05, 4.69) is 15.3 Å². The summed E-state index contributed by atoms with van der Waals surface area (Å²) in [7, 11) is 0. The van der Waals surface area contributed by atoms with Gasteiger partial charge in [0.25, 0.3) is 0 Å². The average Bonchev–Trinajstić information content (AvgIpc) is 2.24. The predicted octanol–water partition coefficient (Wildman–Crippen LogP) is -1.09. The first-order chi connectivity index (χ1) is 7.59. The first-order valence-corrected chi connectivity index (χ1v) is 4.75. The van der Waals surface area contributed by atoms with Crippen molar-refractivity contribution in [3.8, 4) is 0 Å². The lowest BCUT2D eigenvalue weighted by molar-refractivity contribution is -0.132. The fraction of sp³-hybridized carbons (Fsp3) is 0.333. The highest BCUT2D eigenvalue weighted by Crippen LogP contribution is 2.21. The Morgan fingerprint density at radius 1 is 1.56 bits per heavy atom. The van der Waals surface area contributed by atoms with Gasteiger partial charge in [-0.05, 0) is 6.92 Å². The van der Waals surface area contributed by atoms with Crippen LogP contribution in [0.1, 0.15) is 6.92 Å². The Bertz CT molecular complexity index is 447. The second-order valence-electron chi connectivity index (χ2n) is 3.52. The van der Waals surface area contributed by atoms with Gasteiger partial charge in [0.1, 0.15) is 12.4 Å². The molecule has 1 saturated heterocycles. The molecule has 0 bridgehead atoms. The molecule has 84 valence electrons. The van der Waals surface area contributed by atoms with Gasteiger partial charge >= 0.3 is 0 Å². The first kappa shape index (κ1) is 10.3. The van der Waals surface area contributed by atoms with E-state index in [0.29, 0.717) is 11.5 Å². The number of rotatable bonds is 1. The van der Waals surface area contributed by atoms with Crippen LogP contribution in [-0.2, 0) is 9.59 Å². The van der Waals surface area contributed by atoms with Gasteiger partial charge in [0, 0.05) is 0 Å². The number of carbonyl (C=O) groups is 2. The summed E-state index contributed by atoms with van der Waals surface area (Å²) in [4.78, 5) is 32.0. The van der Waals surface area contributed by atoms with Gasteiger partial charge in [0.05, 0.1) is 18.4 Å². The summed E-state index contributed by atoms with van der Waals surface area (Å²) in [5.74, 6) is -0.305. The molecule has 2 heterocycles. The number of imide groups is 1. The fourth-order valence-electron chi connectivity index (χ4n) is 1.55. The molecular weight excluding hydrogens is 210 g/mol. The van der Waals surface area contributed by atoms with Crippen molar-refractivity contribution >= 4 is 23.3 Å². The number of hydrogen-bond acceptors (Lipinski definition) is 6. The van der Waals surface area contributed by atoms with Crippen molar-refractivity contribution in [2.45, 2.75) is 13.0 Å². The third-order valence-corrected chi connectivity index (χ3v) is 2.41. The number of aromatic nitrogens is 2. The largest absolute Gasteiger partial charge is 0.394 e. The van der Waals surface area contributed by atoms with Gasteiger partial charge in [-0.1, -0.05) is 0 Å². The van der Waals surface area contributed by atoms with Crippen molar-refractivity contribution in [1.29, 1.82) is 0 Å². The van der Waals surface area contributed by atoms with Crippen molar-refractivity contribution in [2.24, 2.45) is 0 Å². The number of amides is 2. The molecule has 0 radical (unpaired) electrons. The molecule has 0 saturated carbocycles. The SMILES string of the molecule is CC1C(=O)NC(=O)CN1c1ncncc1N. The molecule has 0 aliphatic carbocycles. The maximum Gasteiger partial charge on any atom is 0.249 e. The van der Waals surface area contributed by atoms with Gasteiger partial charge < -0.3 is 10.6 Å². The van der Waals surface area contributed by atoms with Gasteiger partial charge in [-0.15, -0.1) is 0 Å². The summed E-state index contributed by atoms with van der Waals surface area (Å²) in [5.41, 5.74) is 6.04. The van der Waals surface area contributed by atoms with Crippen molar-refractivity contribution in [3.63, 3.8) is 0 Å². The Morgan fingerprint density at radius 2 is 2.31 bits per heavy atom. The highest BCUT2D eigenvalue weighted by Gasteiger charge is 2.31. The number of piperazine rings is 1. The van der Waals surface area contributed by atoms with Crippen LogP contribution in [0.4, 0.5) is 11.5 Å². The number of hydrogen-bond donors (Lipinski definition) is 2. The topological polar surface area (TPSA) is 101 Å². The minimum absolute atomic E-state index is 0.0636. The van der Waals surface area contributed by atoms with Crippen LogP contribution in [0.5, 0.6) is 0 Å². The summed E-state index contributed by atoms with van der Waals surface area (Å²) in [5, 5.41) is 2.24. The summed E-state index contributed by atoms with van der Waals surface area (Å²) >= 11 is 0. The summed E-state index contributed by atoms with van der Waals surface area (Å²) in [6.45, 7) is 1.75. The zero-order valence-electron chi connectivity index (χ0n) is 8.67. The molecule has 2 rings (SSSR count). The van der Waals surface area contributed by atoms with Crippen LogP contribution in [0.3, 0.4) is 0 Å². The Balaban J connectivity index is 2.36. The Labute approximate surface area is 91.7 Å². The molecule has 7 nitrogen and oxygen atoms in total. The van der Waals surface area contributed by atoms with Crippen LogP contribution in [0, 0.1) is 0 Å². The normalized spacial score (nSPS) is 20.8. The quantitative estimate of drug-likeness (QED) is 0.584. The lowest BCUT2D eigenvalue weighted by Crippen LogP contribution is -2.57. The lowest BCUT2D eigenvalue weighted by atomic mass is 10.2. The van der Waals surface area contributed by atoms with E-state index in [0.717, 1.165) is 0 Å². The number of anilines is 2. The molecular formula is C9H11N5O2. The van der Waals surface area contributed by atoms with Crippen LogP contribution >= 0.6 is 0 Å². The number of nitrogens with one attached hydrogen (secondary N) is 1. The van der Waals surface area contributed by atoms with Gasteiger partial charge in [0.15, 0.2) is 5.82 Å². The third kappa shape index (κ3) is 1.67. The molecule has 1 atom stereocenters. The number of nitrogens with zero attached hydrogens (tertiary/aromatic N) is 3. The van der Waals surface area contributed by atoms with Crippen molar-refractivity contribution < 1.29 is 9.59 Å². The van der Waals surface area contributed by atoms with Gasteiger partial charge in [-0.3, -0.25) is 14.9 Å². The molecule has 3 N–H and O–H groups in total. The van der Waals surface area contributed by atoms with Gasteiger partial charge in [0.2, 0.25) is 11.8 Å². The molecule has 1 aromatic rings. The highest BCUT2D eigenvalue weighted by molar-refractivity contribution is 6.04. The van der Waals surface area contributed by atoms with E-state index in [1.807, 2.05) is 0 Å². The van der Waals surface area contributed by atoms with Crippen LogP contribution < -0.4 is 16.0 Å². The first-order valence-electron chi connectivity index (χ1n) is 4.75. The second kappa shape index (κ2) is 3.76. The molecule has 1 aromatic heterocycles. The van der Waals surface area contributed by atoms with Crippen LogP contribution in [0.15, 0.2) is 12.5 Å². The van der Waals surface area contributed by atoms with Crippen molar-refractivity contribution in [1.82, 2.24) is 15.3 Å². The summed E-state index contributed by atoms with van der Waals surface area (Å²) < 4.78 is 0. The summed E-state index contributed by atoms with van der Waals surface area (Å²) in [6, 6.07) is -0.477. The van der Waals surface area contributed by atoms with E-state index in [-0.39, 0.29) is 18.4 Å². The second-order valence-corrected chi connectivity index (χ2v) is 3.52. The van der Waals surface area contributed by atoms with E-state index >= 15 is 0 Å². The van der Waals surface area contributed by atoms with Gasteiger partial charge in [-0.25, -0.2) is 9.97 Å². The lowest BCUT2D eigenvalue weighted by Gasteiger charge is -2.32. The predicted molar refractivity (Wildman–Crippen MR) is 56.4 cm³/mol. The highest BCUT2D eigenvalue weighted by atomic mass is 16.2. The van der Waals surface area contributed by atoms with Crippen LogP contribution in [0.2, 0.25) is 0 Å². The standard InChI is InChI=1S/C9H11N5O2/c1-5-9(16)13-7(15)3-14(5)8-6(10)2-11-4-12-8/h2,4-5H,3,10H2,1H3,(H,13,15,16). The third-order valence-electron chi connectivity index (χ3n) is 2.41. The minimum Gasteiger partial charge on any atom is -0.394 e. The Morgan fingerprint density at radius 3 is 3.00 bits per heavy atom. The smallest absolute Gasteiger partial charge is 0.249 e. The van der Waals surface area contributed by atoms with Gasteiger partial charge in [-0.2, -0.15) is 0 Å². The molecule has 0 spiro atoms. The Kier molecular flexibility index (Phi) is 2.43. The number of nitrogens with two attached hydrogens (primary N) is 1. The van der Waals surface area contributed by atoms with E-state index < -0.39 is 6.04 Å². The molecule has 1 unspecified atom stereocenters. The van der Waals surface area contributed by atoms with Crippen molar-refractivity contribution in [2.75, 3.05) is 17.2 Å². The summed E-state index contributed by atoms with van der Waals surface area (Å²) in [6.07, 6.45) is 2.77. The molecule has 1 aliphatic rings. The Hall–Kier alpha value is -2.18. The molecule has 2 amide bonds. The molecule has 16 heavy (non-hydrogen) atoms. The fourth-order valence-corrected chi connectivity index (χ4v) is 1.55. The van der Waals surface area contributed by atoms with E-state index in [9.17, 15) is 9.59 Å². The van der Waals surface area contributed by atoms with Crippen molar-refractivity contribution in [3.05, 3.63) is 12.5 Å². The number of nitrogen functional groups attached to an aromatic ring is 1. The number of carbonyl (C=O) groups excluding carboxylic acids is 2. The molecule has 7 heteroatoms. The van der Waals surface area contributed by atoms with E-state index in [4.69, 9.17) is 5.73 Å². The average molecular weight is 221 g/mol.